The van der Waals surface area contributed by atoms with Gasteiger partial charge in [0.1, 0.15) is 12.0 Å². The number of rotatable bonds is 2. The highest BCUT2D eigenvalue weighted by Crippen LogP contribution is 2.28. The molecule has 0 unspecified atom stereocenters. The normalized spacial score (nSPS) is 12.2. The largest absolute Gasteiger partial charge is 0.434 e. The van der Waals surface area contributed by atoms with Crippen LogP contribution in [0, 0.1) is 0 Å². The maximum absolute atomic E-state index is 12.4. The van der Waals surface area contributed by atoms with Crippen LogP contribution in [0.3, 0.4) is 0 Å². The molecule has 0 aliphatic heterocycles. The van der Waals surface area contributed by atoms with Gasteiger partial charge in [0, 0.05) is 23.3 Å². The van der Waals surface area contributed by atoms with E-state index < -0.39 is 11.9 Å². The van der Waals surface area contributed by atoms with Crippen molar-refractivity contribution in [2.24, 2.45) is 0 Å². The monoisotopic (exact) mass is 293 g/mol. The van der Waals surface area contributed by atoms with Gasteiger partial charge in [-0.15, -0.1) is 0 Å². The molecule has 0 bridgehead atoms. The summed E-state index contributed by atoms with van der Waals surface area (Å²) in [5.41, 5.74) is 0.105. The van der Waals surface area contributed by atoms with E-state index in [2.05, 4.69) is 25.9 Å². The Balaban J connectivity index is 2.57. The molecule has 16 heavy (non-hydrogen) atoms. The first kappa shape index (κ1) is 11.4. The molecule has 0 saturated heterocycles. The van der Waals surface area contributed by atoms with E-state index in [4.69, 9.17) is 0 Å². The summed E-state index contributed by atoms with van der Waals surface area (Å²) in [5, 5.41) is 0.655. The third-order valence-electron chi connectivity index (χ3n) is 2.10. The van der Waals surface area contributed by atoms with Crippen molar-refractivity contribution in [3.8, 4) is 0 Å². The number of hydrogen-bond acceptors (Lipinski definition) is 2. The van der Waals surface area contributed by atoms with Crippen LogP contribution in [-0.2, 0) is 12.6 Å². The number of halogens is 4. The molecule has 86 valence electrons. The number of hydrogen-bond donors (Lipinski definition) is 0. The van der Waals surface area contributed by atoms with Gasteiger partial charge in [0.15, 0.2) is 5.69 Å². The summed E-state index contributed by atoms with van der Waals surface area (Å²) in [6.07, 6.45) is -0.0392. The number of aryl methyl sites for hydroxylation is 1. The zero-order valence-corrected chi connectivity index (χ0v) is 9.59. The lowest BCUT2D eigenvalue weighted by molar-refractivity contribution is -0.140. The van der Waals surface area contributed by atoms with E-state index in [1.54, 1.807) is 0 Å². The average Bonchev–Trinajstić information content (AvgIpc) is 2.62. The van der Waals surface area contributed by atoms with Gasteiger partial charge >= 0.3 is 6.18 Å². The third-order valence-corrected chi connectivity index (χ3v) is 2.49. The molecule has 0 N–H and O–H groups in total. The van der Waals surface area contributed by atoms with Crippen LogP contribution in [0.25, 0.3) is 5.65 Å². The predicted octanol–water partition coefficient (Wildman–Crippen LogP) is 2.69. The van der Waals surface area contributed by atoms with E-state index in [0.29, 0.717) is 23.0 Å². The minimum Gasteiger partial charge on any atom is -0.290 e. The van der Waals surface area contributed by atoms with Crippen molar-refractivity contribution in [2.75, 3.05) is 5.33 Å². The molecule has 7 heteroatoms. The summed E-state index contributed by atoms with van der Waals surface area (Å²) in [5.74, 6) is 0. The highest BCUT2D eigenvalue weighted by molar-refractivity contribution is 9.09. The Morgan fingerprint density at radius 2 is 2.12 bits per heavy atom. The van der Waals surface area contributed by atoms with Crippen LogP contribution in [0.5, 0.6) is 0 Å². The molecule has 2 heterocycles. The van der Waals surface area contributed by atoms with E-state index in [1.807, 2.05) is 0 Å². The number of aromatic nitrogens is 3. The maximum Gasteiger partial charge on any atom is 0.434 e. The Morgan fingerprint density at radius 1 is 1.38 bits per heavy atom. The molecular weight excluding hydrogens is 287 g/mol. The lowest BCUT2D eigenvalue weighted by Crippen LogP contribution is -2.04. The Bertz CT molecular complexity index is 506. The first-order valence-electron chi connectivity index (χ1n) is 4.47. The van der Waals surface area contributed by atoms with E-state index in [0.717, 1.165) is 6.20 Å². The summed E-state index contributed by atoms with van der Waals surface area (Å²) < 4.78 is 38.6. The van der Waals surface area contributed by atoms with Crippen molar-refractivity contribution in [1.29, 1.82) is 0 Å². The second-order valence-corrected chi connectivity index (χ2v) is 4.01. The number of alkyl halides is 4. The van der Waals surface area contributed by atoms with Crippen molar-refractivity contribution in [3.05, 3.63) is 30.0 Å². The van der Waals surface area contributed by atoms with Crippen molar-refractivity contribution < 1.29 is 13.2 Å². The van der Waals surface area contributed by atoms with Crippen LogP contribution < -0.4 is 0 Å². The molecular formula is C9H7BrF3N3. The quantitative estimate of drug-likeness (QED) is 0.797. The van der Waals surface area contributed by atoms with E-state index in [-0.39, 0.29) is 0 Å². The van der Waals surface area contributed by atoms with Crippen molar-refractivity contribution in [1.82, 2.24) is 14.4 Å². The Hall–Kier alpha value is -1.11. The number of fused-ring (bicyclic) bond motifs is 1. The fourth-order valence-corrected chi connectivity index (χ4v) is 1.81. The second kappa shape index (κ2) is 4.04. The standard InChI is InChI=1S/C9H7BrF3N3/c10-2-1-6-3-14-5-16-4-7(9(11,12)13)15-8(6)16/h3-5H,1-2H2. The first-order valence-corrected chi connectivity index (χ1v) is 5.59. The molecule has 2 aromatic heterocycles. The molecule has 0 radical (unpaired) electrons. The summed E-state index contributed by atoms with van der Waals surface area (Å²) in [6.45, 7) is 0. The van der Waals surface area contributed by atoms with Crippen LogP contribution in [0.15, 0.2) is 18.7 Å². The minimum absolute atomic E-state index is 0.307. The van der Waals surface area contributed by atoms with E-state index in [9.17, 15) is 13.2 Å². The number of imidazole rings is 1. The van der Waals surface area contributed by atoms with Crippen LogP contribution in [0.2, 0.25) is 0 Å². The second-order valence-electron chi connectivity index (χ2n) is 3.21. The zero-order valence-electron chi connectivity index (χ0n) is 8.00. The van der Waals surface area contributed by atoms with Crippen molar-refractivity contribution >= 4 is 21.6 Å². The first-order chi connectivity index (χ1) is 7.52. The van der Waals surface area contributed by atoms with Crippen molar-refractivity contribution in [2.45, 2.75) is 12.6 Å². The molecule has 0 spiro atoms. The molecule has 0 fully saturated rings. The van der Waals surface area contributed by atoms with Crippen LogP contribution in [0.4, 0.5) is 13.2 Å². The summed E-state index contributed by atoms with van der Waals surface area (Å²) in [6, 6.07) is 0. The van der Waals surface area contributed by atoms with Crippen LogP contribution in [-0.4, -0.2) is 19.7 Å². The number of nitrogens with zero attached hydrogens (tertiary/aromatic N) is 3. The summed E-state index contributed by atoms with van der Waals surface area (Å²) in [4.78, 5) is 7.44. The Labute approximate surface area is 97.4 Å². The minimum atomic E-state index is -4.42. The zero-order chi connectivity index (χ0) is 11.8. The molecule has 0 aliphatic rings. The summed E-state index contributed by atoms with van der Waals surface area (Å²) >= 11 is 3.23. The lowest BCUT2D eigenvalue weighted by Gasteiger charge is -1.99. The maximum atomic E-state index is 12.4. The van der Waals surface area contributed by atoms with Gasteiger partial charge in [-0.05, 0) is 6.42 Å². The van der Waals surface area contributed by atoms with Crippen molar-refractivity contribution in [3.63, 3.8) is 0 Å². The molecule has 0 atom stereocenters. The van der Waals surface area contributed by atoms with Gasteiger partial charge in [0.25, 0.3) is 0 Å². The molecule has 0 aromatic carbocycles. The molecule has 0 amide bonds. The van der Waals surface area contributed by atoms with Gasteiger partial charge in [-0.2, -0.15) is 13.2 Å². The predicted molar refractivity (Wildman–Crippen MR) is 55.5 cm³/mol. The van der Waals surface area contributed by atoms with Gasteiger partial charge in [-0.3, -0.25) is 4.40 Å². The fraction of sp³-hybridized carbons (Fsp3) is 0.333. The molecule has 0 saturated carbocycles. The lowest BCUT2D eigenvalue weighted by atomic mass is 10.2. The Kier molecular flexibility index (Phi) is 2.88. The third kappa shape index (κ3) is 2.04. The van der Waals surface area contributed by atoms with Crippen LogP contribution in [0.1, 0.15) is 11.3 Å². The topological polar surface area (TPSA) is 30.2 Å². The molecule has 3 nitrogen and oxygen atoms in total. The van der Waals surface area contributed by atoms with Gasteiger partial charge in [0.05, 0.1) is 0 Å². The highest BCUT2D eigenvalue weighted by atomic mass is 79.9. The van der Waals surface area contributed by atoms with Gasteiger partial charge in [-0.25, -0.2) is 9.97 Å². The SMILES string of the molecule is FC(F)(F)c1cn2cncc(CCBr)c2n1. The molecule has 2 aromatic rings. The highest BCUT2D eigenvalue weighted by Gasteiger charge is 2.34. The molecule has 2 rings (SSSR count). The smallest absolute Gasteiger partial charge is 0.290 e. The average molecular weight is 294 g/mol. The van der Waals surface area contributed by atoms with Gasteiger partial charge < -0.3 is 0 Å². The summed E-state index contributed by atoms with van der Waals surface area (Å²) in [7, 11) is 0. The van der Waals surface area contributed by atoms with E-state index in [1.165, 1.54) is 16.9 Å². The van der Waals surface area contributed by atoms with Crippen LogP contribution >= 0.6 is 15.9 Å². The Morgan fingerprint density at radius 3 is 2.75 bits per heavy atom. The fourth-order valence-electron chi connectivity index (χ4n) is 1.39. The van der Waals surface area contributed by atoms with E-state index >= 15 is 0 Å². The molecule has 0 aliphatic carbocycles. The van der Waals surface area contributed by atoms with Gasteiger partial charge in [0.2, 0.25) is 0 Å². The van der Waals surface area contributed by atoms with Gasteiger partial charge in [-0.1, -0.05) is 15.9 Å².